The maximum Gasteiger partial charge on any atom is 0.0791 e. The Labute approximate surface area is 103 Å². The number of hydrogen-bond donors (Lipinski definition) is 1. The monoisotopic (exact) mass is 292 g/mol. The zero-order valence-corrected chi connectivity index (χ0v) is 10.9. The van der Waals surface area contributed by atoms with E-state index in [1.807, 2.05) is 12.1 Å². The predicted molar refractivity (Wildman–Crippen MR) is 65.2 cm³/mol. The third kappa shape index (κ3) is 4.11. The van der Waals surface area contributed by atoms with Crippen molar-refractivity contribution < 1.29 is 9.84 Å². The van der Waals surface area contributed by atoms with Crippen molar-refractivity contribution in [2.75, 3.05) is 13.7 Å². The first-order valence-electron chi connectivity index (χ1n) is 4.77. The maximum absolute atomic E-state index is 9.83. The minimum atomic E-state index is -0.467. The molecule has 0 aliphatic rings. The first-order chi connectivity index (χ1) is 7.15. The summed E-state index contributed by atoms with van der Waals surface area (Å²) < 4.78 is 5.77. The van der Waals surface area contributed by atoms with Gasteiger partial charge in [-0.25, -0.2) is 0 Å². The van der Waals surface area contributed by atoms with Crippen LogP contribution in [0.4, 0.5) is 0 Å². The van der Waals surface area contributed by atoms with E-state index in [4.69, 9.17) is 16.3 Å². The molecule has 0 aliphatic carbocycles. The number of methoxy groups -OCH3 is 1. The molecular formula is C11H14BrClO2. The molecule has 1 atom stereocenters. The van der Waals surface area contributed by atoms with E-state index in [1.54, 1.807) is 13.2 Å². The number of ether oxygens (including phenoxy) is 1. The zero-order chi connectivity index (χ0) is 11.3. The highest BCUT2D eigenvalue weighted by Crippen LogP contribution is 2.27. The molecule has 0 saturated heterocycles. The lowest BCUT2D eigenvalue weighted by atomic mass is 10.1. The molecule has 0 bridgehead atoms. The Morgan fingerprint density at radius 1 is 1.53 bits per heavy atom. The van der Waals surface area contributed by atoms with Crippen molar-refractivity contribution in [1.82, 2.24) is 0 Å². The first kappa shape index (κ1) is 13.0. The quantitative estimate of drug-likeness (QED) is 0.841. The number of aliphatic hydroxyl groups is 1. The van der Waals surface area contributed by atoms with Crippen LogP contribution in [0.15, 0.2) is 22.7 Å². The van der Waals surface area contributed by atoms with Crippen LogP contribution in [-0.2, 0) is 4.74 Å². The average Bonchev–Trinajstić information content (AvgIpc) is 2.22. The molecule has 1 aromatic rings. The molecule has 1 unspecified atom stereocenters. The molecule has 0 amide bonds. The Morgan fingerprint density at radius 2 is 2.27 bits per heavy atom. The summed E-state index contributed by atoms with van der Waals surface area (Å²) in [6, 6.07) is 5.49. The highest BCUT2D eigenvalue weighted by Gasteiger charge is 2.08. The second kappa shape index (κ2) is 6.48. The largest absolute Gasteiger partial charge is 0.388 e. The van der Waals surface area contributed by atoms with Gasteiger partial charge in [0.2, 0.25) is 0 Å². The summed E-state index contributed by atoms with van der Waals surface area (Å²) in [5.41, 5.74) is 0.847. The summed E-state index contributed by atoms with van der Waals surface area (Å²) in [5.74, 6) is 0. The Balaban J connectivity index is 2.57. The van der Waals surface area contributed by atoms with Crippen LogP contribution < -0.4 is 0 Å². The predicted octanol–water partition coefficient (Wildman–Crippen LogP) is 3.56. The minimum absolute atomic E-state index is 0.467. The number of hydrogen-bond acceptors (Lipinski definition) is 2. The molecule has 4 heteroatoms. The van der Waals surface area contributed by atoms with Gasteiger partial charge < -0.3 is 9.84 Å². The SMILES string of the molecule is COCCCC(O)c1ccc(Br)c(Cl)c1. The molecule has 0 saturated carbocycles. The highest BCUT2D eigenvalue weighted by molar-refractivity contribution is 9.10. The molecule has 0 fully saturated rings. The van der Waals surface area contributed by atoms with Crippen LogP contribution in [0.5, 0.6) is 0 Å². The van der Waals surface area contributed by atoms with Crippen LogP contribution in [0.25, 0.3) is 0 Å². The van der Waals surface area contributed by atoms with Gasteiger partial charge in [0.25, 0.3) is 0 Å². The molecule has 0 heterocycles. The molecule has 2 nitrogen and oxygen atoms in total. The van der Waals surface area contributed by atoms with Gasteiger partial charge >= 0.3 is 0 Å². The van der Waals surface area contributed by atoms with Gasteiger partial charge in [0.1, 0.15) is 0 Å². The van der Waals surface area contributed by atoms with Gasteiger partial charge in [-0.05, 0) is 46.5 Å². The van der Waals surface area contributed by atoms with Gasteiger partial charge in [0, 0.05) is 18.2 Å². The van der Waals surface area contributed by atoms with E-state index in [0.29, 0.717) is 18.1 Å². The van der Waals surface area contributed by atoms with Crippen molar-refractivity contribution in [2.24, 2.45) is 0 Å². The molecule has 1 rings (SSSR count). The lowest BCUT2D eigenvalue weighted by Gasteiger charge is -2.11. The Morgan fingerprint density at radius 3 is 2.87 bits per heavy atom. The summed E-state index contributed by atoms with van der Waals surface area (Å²) in [5, 5.41) is 10.5. The molecular weight excluding hydrogens is 279 g/mol. The van der Waals surface area contributed by atoms with Crippen molar-refractivity contribution >= 4 is 27.5 Å². The van der Waals surface area contributed by atoms with Gasteiger partial charge in [-0.2, -0.15) is 0 Å². The van der Waals surface area contributed by atoms with Gasteiger partial charge in [0.05, 0.1) is 11.1 Å². The Hall–Kier alpha value is -0.0900. The molecule has 1 N–H and O–H groups in total. The summed E-state index contributed by atoms with van der Waals surface area (Å²) in [4.78, 5) is 0. The summed E-state index contributed by atoms with van der Waals surface area (Å²) in [7, 11) is 1.66. The number of benzene rings is 1. The van der Waals surface area contributed by atoms with E-state index in [9.17, 15) is 5.11 Å². The lowest BCUT2D eigenvalue weighted by molar-refractivity contribution is 0.136. The van der Waals surface area contributed by atoms with Gasteiger partial charge in [0.15, 0.2) is 0 Å². The molecule has 1 aromatic carbocycles. The van der Waals surface area contributed by atoms with Gasteiger partial charge in [-0.1, -0.05) is 17.7 Å². The number of rotatable bonds is 5. The van der Waals surface area contributed by atoms with Crippen LogP contribution in [-0.4, -0.2) is 18.8 Å². The fourth-order valence-corrected chi connectivity index (χ4v) is 1.74. The van der Waals surface area contributed by atoms with Crippen LogP contribution in [0.2, 0.25) is 5.02 Å². The van der Waals surface area contributed by atoms with Crippen molar-refractivity contribution in [2.45, 2.75) is 18.9 Å². The molecule has 0 aliphatic heterocycles. The normalized spacial score (nSPS) is 12.8. The zero-order valence-electron chi connectivity index (χ0n) is 8.54. The number of halogens is 2. The third-order valence-electron chi connectivity index (χ3n) is 2.15. The summed E-state index contributed by atoms with van der Waals surface area (Å²) in [6.07, 6.45) is 1.06. The van der Waals surface area contributed by atoms with E-state index in [0.717, 1.165) is 16.5 Å². The van der Waals surface area contributed by atoms with E-state index in [-0.39, 0.29) is 0 Å². The van der Waals surface area contributed by atoms with Crippen molar-refractivity contribution in [3.05, 3.63) is 33.3 Å². The lowest BCUT2D eigenvalue weighted by Crippen LogP contribution is -1.99. The highest BCUT2D eigenvalue weighted by atomic mass is 79.9. The van der Waals surface area contributed by atoms with Crippen LogP contribution in [0.3, 0.4) is 0 Å². The van der Waals surface area contributed by atoms with Gasteiger partial charge in [-0.15, -0.1) is 0 Å². The van der Waals surface area contributed by atoms with Crippen LogP contribution in [0.1, 0.15) is 24.5 Å². The second-order valence-electron chi connectivity index (χ2n) is 3.32. The van der Waals surface area contributed by atoms with Crippen LogP contribution >= 0.6 is 27.5 Å². The maximum atomic E-state index is 9.83. The summed E-state index contributed by atoms with van der Waals surface area (Å²) in [6.45, 7) is 0.668. The minimum Gasteiger partial charge on any atom is -0.388 e. The summed E-state index contributed by atoms with van der Waals surface area (Å²) >= 11 is 9.25. The second-order valence-corrected chi connectivity index (χ2v) is 4.59. The molecule has 0 radical (unpaired) electrons. The molecule has 0 aromatic heterocycles. The topological polar surface area (TPSA) is 29.5 Å². The standard InChI is InChI=1S/C11H14BrClO2/c1-15-6-2-3-11(14)8-4-5-9(12)10(13)7-8/h4-5,7,11,14H,2-3,6H2,1H3. The number of aliphatic hydroxyl groups excluding tert-OH is 1. The van der Waals surface area contributed by atoms with E-state index < -0.39 is 6.10 Å². The smallest absolute Gasteiger partial charge is 0.0791 e. The first-order valence-corrected chi connectivity index (χ1v) is 5.94. The van der Waals surface area contributed by atoms with Gasteiger partial charge in [-0.3, -0.25) is 0 Å². The Bertz CT molecular complexity index is 317. The fourth-order valence-electron chi connectivity index (χ4n) is 1.31. The molecule has 0 spiro atoms. The van der Waals surface area contributed by atoms with Crippen molar-refractivity contribution in [3.8, 4) is 0 Å². The molecule has 84 valence electrons. The fraction of sp³-hybridized carbons (Fsp3) is 0.455. The van der Waals surface area contributed by atoms with Crippen LogP contribution in [0, 0.1) is 0 Å². The Kier molecular flexibility index (Phi) is 5.61. The van der Waals surface area contributed by atoms with E-state index in [1.165, 1.54) is 0 Å². The average molecular weight is 294 g/mol. The van der Waals surface area contributed by atoms with Crippen molar-refractivity contribution in [3.63, 3.8) is 0 Å². The third-order valence-corrected chi connectivity index (χ3v) is 3.39. The van der Waals surface area contributed by atoms with E-state index in [2.05, 4.69) is 15.9 Å². The molecule has 15 heavy (non-hydrogen) atoms. The van der Waals surface area contributed by atoms with Crippen molar-refractivity contribution in [1.29, 1.82) is 0 Å². The van der Waals surface area contributed by atoms with E-state index >= 15 is 0 Å².